The quantitative estimate of drug-likeness (QED) is 0.792. The summed E-state index contributed by atoms with van der Waals surface area (Å²) in [6.45, 7) is 6.58. The second-order valence-corrected chi connectivity index (χ2v) is 8.69. The van der Waals surface area contributed by atoms with Crippen molar-refractivity contribution in [3.05, 3.63) is 29.8 Å². The number of carbonyl (C=O) groups excluding carboxylic acids is 1. The molecular formula is C16H21N3OS2. The first-order valence-corrected chi connectivity index (χ1v) is 9.11. The van der Waals surface area contributed by atoms with Gasteiger partial charge in [-0.2, -0.15) is 11.8 Å². The number of rotatable bonds is 6. The summed E-state index contributed by atoms with van der Waals surface area (Å²) in [5.41, 5.74) is 3.55. The molecule has 0 saturated heterocycles. The molecule has 0 aliphatic carbocycles. The average molecular weight is 335 g/mol. The van der Waals surface area contributed by atoms with Gasteiger partial charge in [0.2, 0.25) is 5.91 Å². The van der Waals surface area contributed by atoms with Crippen LogP contribution in [0.3, 0.4) is 0 Å². The summed E-state index contributed by atoms with van der Waals surface area (Å²) in [7, 11) is 0. The van der Waals surface area contributed by atoms with E-state index in [1.165, 1.54) is 11.3 Å². The highest BCUT2D eigenvalue weighted by molar-refractivity contribution is 8.00. The van der Waals surface area contributed by atoms with Crippen LogP contribution in [0.5, 0.6) is 0 Å². The van der Waals surface area contributed by atoms with Gasteiger partial charge in [-0.15, -0.1) is 10.2 Å². The van der Waals surface area contributed by atoms with E-state index in [0.717, 1.165) is 28.4 Å². The van der Waals surface area contributed by atoms with E-state index in [2.05, 4.69) is 36.3 Å². The fourth-order valence-electron chi connectivity index (χ4n) is 1.83. The topological polar surface area (TPSA) is 54.9 Å². The normalized spacial score (nSPS) is 11.4. The molecule has 1 aromatic heterocycles. The van der Waals surface area contributed by atoms with Gasteiger partial charge in [0.1, 0.15) is 10.5 Å². The fourth-order valence-corrected chi connectivity index (χ4v) is 3.29. The number of thioether (sulfide) groups is 1. The molecular weight excluding hydrogens is 314 g/mol. The molecule has 1 N–H and O–H groups in total. The smallest absolute Gasteiger partial charge is 0.224 e. The summed E-state index contributed by atoms with van der Waals surface area (Å²) in [4.78, 5) is 11.9. The number of amides is 1. The van der Waals surface area contributed by atoms with E-state index >= 15 is 0 Å². The van der Waals surface area contributed by atoms with Gasteiger partial charge in [0.25, 0.3) is 0 Å². The maximum Gasteiger partial charge on any atom is 0.224 e. The minimum Gasteiger partial charge on any atom is -0.326 e. The summed E-state index contributed by atoms with van der Waals surface area (Å²) < 4.78 is 0.261. The van der Waals surface area contributed by atoms with Gasteiger partial charge in [-0.05, 0) is 36.4 Å². The van der Waals surface area contributed by atoms with Gasteiger partial charge < -0.3 is 5.32 Å². The van der Waals surface area contributed by atoms with E-state index in [0.29, 0.717) is 6.42 Å². The highest BCUT2D eigenvalue weighted by atomic mass is 32.2. The predicted molar refractivity (Wildman–Crippen MR) is 95.4 cm³/mol. The minimum absolute atomic E-state index is 0.0678. The predicted octanol–water partition coefficient (Wildman–Crippen LogP) is 4.46. The van der Waals surface area contributed by atoms with Gasteiger partial charge in [-0.3, -0.25) is 4.79 Å². The van der Waals surface area contributed by atoms with Crippen LogP contribution in [-0.4, -0.2) is 26.6 Å². The molecule has 1 aromatic carbocycles. The third-order valence-electron chi connectivity index (χ3n) is 2.86. The fraction of sp³-hybridized carbons (Fsp3) is 0.438. The second kappa shape index (κ2) is 7.74. The molecule has 2 aromatic rings. The SMILES string of the molecule is CC(C)(C)SCCCC(=O)Nc1ccc(-c2nncs2)cc1. The summed E-state index contributed by atoms with van der Waals surface area (Å²) in [5.74, 6) is 1.07. The first-order valence-electron chi connectivity index (χ1n) is 7.24. The lowest BCUT2D eigenvalue weighted by atomic mass is 10.2. The van der Waals surface area contributed by atoms with Gasteiger partial charge in [-0.1, -0.05) is 32.1 Å². The molecule has 0 atom stereocenters. The van der Waals surface area contributed by atoms with Crippen molar-refractivity contribution in [3.8, 4) is 10.6 Å². The van der Waals surface area contributed by atoms with E-state index in [9.17, 15) is 4.79 Å². The highest BCUT2D eigenvalue weighted by Crippen LogP contribution is 2.24. The van der Waals surface area contributed by atoms with Crippen LogP contribution in [0.1, 0.15) is 33.6 Å². The van der Waals surface area contributed by atoms with Crippen LogP contribution in [0.15, 0.2) is 29.8 Å². The monoisotopic (exact) mass is 335 g/mol. The van der Waals surface area contributed by atoms with Crippen molar-refractivity contribution in [3.63, 3.8) is 0 Å². The van der Waals surface area contributed by atoms with Crippen molar-refractivity contribution in [1.29, 1.82) is 0 Å². The lowest BCUT2D eigenvalue weighted by molar-refractivity contribution is -0.116. The Labute approximate surface area is 139 Å². The number of benzene rings is 1. The molecule has 0 bridgehead atoms. The molecule has 0 radical (unpaired) electrons. The summed E-state index contributed by atoms with van der Waals surface area (Å²) in [5, 5.41) is 11.7. The van der Waals surface area contributed by atoms with Crippen LogP contribution in [0.25, 0.3) is 10.6 Å². The number of hydrogen-bond acceptors (Lipinski definition) is 5. The molecule has 1 amide bonds. The number of hydrogen-bond donors (Lipinski definition) is 1. The number of carbonyl (C=O) groups is 1. The first kappa shape index (κ1) is 17.0. The van der Waals surface area contributed by atoms with Crippen LogP contribution in [0.2, 0.25) is 0 Å². The van der Waals surface area contributed by atoms with Crippen molar-refractivity contribution >= 4 is 34.7 Å². The largest absolute Gasteiger partial charge is 0.326 e. The molecule has 1 heterocycles. The molecule has 0 aliphatic rings. The standard InChI is InChI=1S/C16H21N3OS2/c1-16(2,3)22-10-4-5-14(20)18-13-8-6-12(7-9-13)15-19-17-11-21-15/h6-9,11H,4-5,10H2,1-3H3,(H,18,20). The zero-order valence-corrected chi connectivity index (χ0v) is 14.8. The van der Waals surface area contributed by atoms with E-state index in [1.54, 1.807) is 5.51 Å². The van der Waals surface area contributed by atoms with Crippen molar-refractivity contribution in [2.75, 3.05) is 11.1 Å². The van der Waals surface area contributed by atoms with Gasteiger partial charge >= 0.3 is 0 Å². The Morgan fingerprint density at radius 1 is 1.27 bits per heavy atom. The molecule has 0 spiro atoms. The van der Waals surface area contributed by atoms with Gasteiger partial charge in [0.15, 0.2) is 0 Å². The Kier molecular flexibility index (Phi) is 5.97. The van der Waals surface area contributed by atoms with E-state index in [4.69, 9.17) is 0 Å². The van der Waals surface area contributed by atoms with Crippen LogP contribution in [0, 0.1) is 0 Å². The van der Waals surface area contributed by atoms with Crippen molar-refractivity contribution in [2.24, 2.45) is 0 Å². The third-order valence-corrected chi connectivity index (χ3v) is 4.96. The first-order chi connectivity index (χ1) is 10.4. The maximum absolute atomic E-state index is 11.9. The zero-order chi connectivity index (χ0) is 16.0. The molecule has 0 saturated carbocycles. The molecule has 2 rings (SSSR count). The van der Waals surface area contributed by atoms with E-state index in [-0.39, 0.29) is 10.7 Å². The van der Waals surface area contributed by atoms with Crippen LogP contribution in [0.4, 0.5) is 5.69 Å². The summed E-state index contributed by atoms with van der Waals surface area (Å²) >= 11 is 3.39. The lowest BCUT2D eigenvalue weighted by Crippen LogP contribution is -2.13. The number of nitrogens with zero attached hydrogens (tertiary/aromatic N) is 2. The van der Waals surface area contributed by atoms with Crippen molar-refractivity contribution in [2.45, 2.75) is 38.4 Å². The molecule has 0 fully saturated rings. The number of anilines is 1. The zero-order valence-electron chi connectivity index (χ0n) is 13.1. The Morgan fingerprint density at radius 3 is 2.59 bits per heavy atom. The molecule has 4 nitrogen and oxygen atoms in total. The Balaban J connectivity index is 1.77. The lowest BCUT2D eigenvalue weighted by Gasteiger charge is -2.17. The Bertz CT molecular complexity index is 589. The van der Waals surface area contributed by atoms with Crippen LogP contribution < -0.4 is 5.32 Å². The summed E-state index contributed by atoms with van der Waals surface area (Å²) in [6, 6.07) is 7.70. The molecule has 22 heavy (non-hydrogen) atoms. The van der Waals surface area contributed by atoms with Gasteiger partial charge in [0, 0.05) is 22.4 Å². The van der Waals surface area contributed by atoms with Crippen LogP contribution >= 0.6 is 23.1 Å². The molecule has 118 valence electrons. The van der Waals surface area contributed by atoms with Gasteiger partial charge in [-0.25, -0.2) is 0 Å². The van der Waals surface area contributed by atoms with E-state index < -0.39 is 0 Å². The Hall–Kier alpha value is -1.40. The average Bonchev–Trinajstić information content (AvgIpc) is 2.98. The molecule has 0 unspecified atom stereocenters. The van der Waals surface area contributed by atoms with Crippen LogP contribution in [-0.2, 0) is 4.79 Å². The highest BCUT2D eigenvalue weighted by Gasteiger charge is 2.10. The van der Waals surface area contributed by atoms with Crippen molar-refractivity contribution < 1.29 is 4.79 Å². The number of nitrogens with one attached hydrogen (secondary N) is 1. The maximum atomic E-state index is 11.9. The Morgan fingerprint density at radius 2 is 2.00 bits per heavy atom. The van der Waals surface area contributed by atoms with Crippen molar-refractivity contribution in [1.82, 2.24) is 10.2 Å². The number of aromatic nitrogens is 2. The second-order valence-electron chi connectivity index (χ2n) is 5.93. The summed E-state index contributed by atoms with van der Waals surface area (Å²) in [6.07, 6.45) is 1.46. The molecule has 0 aliphatic heterocycles. The third kappa shape index (κ3) is 5.77. The molecule has 6 heteroatoms. The minimum atomic E-state index is 0.0678. The van der Waals surface area contributed by atoms with E-state index in [1.807, 2.05) is 36.0 Å². The van der Waals surface area contributed by atoms with Gasteiger partial charge in [0.05, 0.1) is 0 Å².